The number of thiol groups is 1. The molecule has 0 atom stereocenters. The lowest BCUT2D eigenvalue weighted by atomic mass is 10.2. The van der Waals surface area contributed by atoms with Crippen LogP contribution in [0.1, 0.15) is 33.1 Å². The number of unbranched alkanes of at least 4 members (excludes halogenated alkanes) is 1. The number of ketones is 1. The van der Waals surface area contributed by atoms with E-state index in [0.717, 1.165) is 18.4 Å². The normalized spacial score (nSPS) is 12.3. The molecule has 0 aromatic heterocycles. The van der Waals surface area contributed by atoms with Gasteiger partial charge in [-0.05, 0) is 32.1 Å². The highest BCUT2D eigenvalue weighted by Gasteiger charge is 2.00. The lowest BCUT2D eigenvalue weighted by molar-refractivity contribution is -0.124. The van der Waals surface area contributed by atoms with E-state index in [0.29, 0.717) is 6.42 Å². The molecule has 0 spiro atoms. The number of hydrogen-bond acceptors (Lipinski definition) is 3. The Morgan fingerprint density at radius 3 is 2.61 bits per heavy atom. The number of Topliss-reactive ketones (excluding diaryl/α,β-unsaturated/α-hetero) is 1. The van der Waals surface area contributed by atoms with E-state index in [-0.39, 0.29) is 18.2 Å². The van der Waals surface area contributed by atoms with E-state index in [1.165, 1.54) is 6.92 Å². The number of hydrogen-bond donors (Lipinski definition) is 2. The van der Waals surface area contributed by atoms with Gasteiger partial charge in [0.1, 0.15) is 5.78 Å². The van der Waals surface area contributed by atoms with Crippen LogP contribution in [0.15, 0.2) is 35.3 Å². The van der Waals surface area contributed by atoms with Gasteiger partial charge in [0.2, 0.25) is 5.91 Å². The van der Waals surface area contributed by atoms with Crippen molar-refractivity contribution in [2.45, 2.75) is 33.1 Å². The van der Waals surface area contributed by atoms with Crippen LogP contribution in [0.25, 0.3) is 0 Å². The molecule has 18 heavy (non-hydrogen) atoms. The maximum atomic E-state index is 11.3. The zero-order chi connectivity index (χ0) is 13.8. The standard InChI is InChI=1S/C14H21NO2S/c1-12(8-6-10-18)7-4-3-5-9-14(17)15-11-13(2)16/h4,6-8,10,18H,3,5,9,11H2,1-2H3,(H,15,17)/b7-4-,10-6+,12-8-. The topological polar surface area (TPSA) is 46.2 Å². The van der Waals surface area contributed by atoms with E-state index < -0.39 is 0 Å². The molecule has 0 bridgehead atoms. The van der Waals surface area contributed by atoms with Gasteiger partial charge >= 0.3 is 0 Å². The second-order valence-corrected chi connectivity index (χ2v) is 4.32. The van der Waals surface area contributed by atoms with Crippen molar-refractivity contribution in [1.29, 1.82) is 0 Å². The maximum Gasteiger partial charge on any atom is 0.220 e. The third-order valence-corrected chi connectivity index (χ3v) is 2.31. The van der Waals surface area contributed by atoms with Crippen LogP contribution in [0.4, 0.5) is 0 Å². The molecule has 1 amide bonds. The van der Waals surface area contributed by atoms with E-state index >= 15 is 0 Å². The zero-order valence-electron chi connectivity index (χ0n) is 11.0. The smallest absolute Gasteiger partial charge is 0.220 e. The number of carbonyl (C=O) groups is 2. The van der Waals surface area contributed by atoms with E-state index in [1.807, 2.05) is 31.2 Å². The summed E-state index contributed by atoms with van der Waals surface area (Å²) in [5.41, 5.74) is 1.14. The van der Waals surface area contributed by atoms with Gasteiger partial charge in [-0.25, -0.2) is 0 Å². The molecule has 3 nitrogen and oxygen atoms in total. The largest absolute Gasteiger partial charge is 0.349 e. The molecule has 0 radical (unpaired) electrons. The van der Waals surface area contributed by atoms with Crippen LogP contribution in [0.3, 0.4) is 0 Å². The van der Waals surface area contributed by atoms with Gasteiger partial charge in [-0.1, -0.05) is 29.9 Å². The van der Waals surface area contributed by atoms with E-state index in [4.69, 9.17) is 0 Å². The highest BCUT2D eigenvalue weighted by atomic mass is 32.1. The molecule has 0 aliphatic heterocycles. The van der Waals surface area contributed by atoms with Gasteiger partial charge in [-0.3, -0.25) is 9.59 Å². The number of nitrogens with one attached hydrogen (secondary N) is 1. The Labute approximate surface area is 114 Å². The van der Waals surface area contributed by atoms with Crippen molar-refractivity contribution in [1.82, 2.24) is 5.32 Å². The van der Waals surface area contributed by atoms with Crippen molar-refractivity contribution in [3.05, 3.63) is 35.3 Å². The molecule has 0 saturated heterocycles. The van der Waals surface area contributed by atoms with Crippen LogP contribution in [0.5, 0.6) is 0 Å². The average Bonchev–Trinajstić information content (AvgIpc) is 2.33. The van der Waals surface area contributed by atoms with Crippen molar-refractivity contribution >= 4 is 24.3 Å². The summed E-state index contributed by atoms with van der Waals surface area (Å²) in [6.45, 7) is 3.59. The fourth-order valence-corrected chi connectivity index (χ4v) is 1.30. The number of amides is 1. The summed E-state index contributed by atoms with van der Waals surface area (Å²) in [6.07, 6.45) is 9.97. The fourth-order valence-electron chi connectivity index (χ4n) is 1.21. The summed E-state index contributed by atoms with van der Waals surface area (Å²) in [5.74, 6) is -0.0925. The van der Waals surface area contributed by atoms with E-state index in [9.17, 15) is 9.59 Å². The van der Waals surface area contributed by atoms with Gasteiger partial charge in [0.15, 0.2) is 0 Å². The summed E-state index contributed by atoms with van der Waals surface area (Å²) < 4.78 is 0. The molecule has 0 fully saturated rings. The Kier molecular flexibility index (Phi) is 10.1. The van der Waals surface area contributed by atoms with Crippen molar-refractivity contribution in [2.24, 2.45) is 0 Å². The van der Waals surface area contributed by atoms with Crippen LogP contribution in [-0.2, 0) is 9.59 Å². The molecule has 0 aromatic carbocycles. The van der Waals surface area contributed by atoms with Crippen molar-refractivity contribution in [3.63, 3.8) is 0 Å². The lowest BCUT2D eigenvalue weighted by Gasteiger charge is -2.01. The Bertz CT molecular complexity index is 357. The number of allylic oxidation sites excluding steroid dienone is 5. The first kappa shape index (κ1) is 16.7. The maximum absolute atomic E-state index is 11.3. The minimum absolute atomic E-state index is 0.0266. The van der Waals surface area contributed by atoms with Gasteiger partial charge in [0, 0.05) is 6.42 Å². The number of rotatable bonds is 8. The monoisotopic (exact) mass is 267 g/mol. The van der Waals surface area contributed by atoms with E-state index in [2.05, 4.69) is 17.9 Å². The Hall–Kier alpha value is -1.29. The molecular formula is C14H21NO2S. The van der Waals surface area contributed by atoms with Gasteiger partial charge in [-0.15, -0.1) is 0 Å². The van der Waals surface area contributed by atoms with Crippen LogP contribution in [-0.4, -0.2) is 18.2 Å². The average molecular weight is 267 g/mol. The quantitative estimate of drug-likeness (QED) is 0.403. The van der Waals surface area contributed by atoms with Crippen LogP contribution >= 0.6 is 12.6 Å². The molecule has 0 aliphatic rings. The molecule has 1 N–H and O–H groups in total. The third kappa shape index (κ3) is 11.2. The summed E-state index contributed by atoms with van der Waals surface area (Å²) in [5, 5.41) is 4.25. The molecule has 0 aliphatic carbocycles. The van der Waals surface area contributed by atoms with Gasteiger partial charge < -0.3 is 5.32 Å². The molecule has 0 unspecified atom stereocenters. The predicted molar refractivity (Wildman–Crippen MR) is 78.6 cm³/mol. The summed E-state index contributed by atoms with van der Waals surface area (Å²) in [7, 11) is 0. The Balaban J connectivity index is 3.70. The molecule has 100 valence electrons. The van der Waals surface area contributed by atoms with Crippen molar-refractivity contribution in [2.75, 3.05) is 6.54 Å². The van der Waals surface area contributed by atoms with Crippen LogP contribution in [0.2, 0.25) is 0 Å². The zero-order valence-corrected chi connectivity index (χ0v) is 11.9. The van der Waals surface area contributed by atoms with Crippen LogP contribution in [0, 0.1) is 0 Å². The van der Waals surface area contributed by atoms with Crippen molar-refractivity contribution < 1.29 is 9.59 Å². The second kappa shape index (κ2) is 10.8. The first-order valence-corrected chi connectivity index (χ1v) is 6.48. The first-order valence-electron chi connectivity index (χ1n) is 5.96. The summed E-state index contributed by atoms with van der Waals surface area (Å²) >= 11 is 3.96. The van der Waals surface area contributed by atoms with E-state index in [1.54, 1.807) is 5.41 Å². The molecule has 0 heterocycles. The SMILES string of the molecule is CC(=O)CNC(=O)CCC\C=C/C(C)=C\C=C\S. The molecular weight excluding hydrogens is 246 g/mol. The first-order chi connectivity index (χ1) is 8.56. The Morgan fingerprint density at radius 2 is 2.00 bits per heavy atom. The molecule has 0 aromatic rings. The molecule has 4 heteroatoms. The lowest BCUT2D eigenvalue weighted by Crippen LogP contribution is -2.27. The minimum Gasteiger partial charge on any atom is -0.349 e. The summed E-state index contributed by atoms with van der Waals surface area (Å²) in [4.78, 5) is 21.9. The summed E-state index contributed by atoms with van der Waals surface area (Å²) in [6, 6.07) is 0. The van der Waals surface area contributed by atoms with Crippen molar-refractivity contribution in [3.8, 4) is 0 Å². The van der Waals surface area contributed by atoms with Gasteiger partial charge in [-0.2, -0.15) is 12.6 Å². The van der Waals surface area contributed by atoms with Gasteiger partial charge in [0.25, 0.3) is 0 Å². The van der Waals surface area contributed by atoms with Gasteiger partial charge in [0.05, 0.1) is 6.54 Å². The molecule has 0 rings (SSSR count). The second-order valence-electron chi connectivity index (χ2n) is 4.03. The Morgan fingerprint density at radius 1 is 1.28 bits per heavy atom. The fraction of sp³-hybridized carbons (Fsp3) is 0.429. The highest BCUT2D eigenvalue weighted by Crippen LogP contribution is 2.01. The van der Waals surface area contributed by atoms with Crippen LogP contribution < -0.4 is 5.32 Å². The predicted octanol–water partition coefficient (Wildman–Crippen LogP) is 2.81. The number of carbonyl (C=O) groups excluding carboxylic acids is 2. The third-order valence-electron chi connectivity index (χ3n) is 2.14. The highest BCUT2D eigenvalue weighted by molar-refractivity contribution is 7.83. The molecule has 0 saturated carbocycles. The minimum atomic E-state index is -0.0659.